The average Bonchev–Trinajstić information content (AvgIpc) is 3.00. The second kappa shape index (κ2) is 7.66. The second-order valence-corrected chi connectivity index (χ2v) is 12.5. The predicted octanol–water partition coefficient (Wildman–Crippen LogP) is 6.50. The first-order chi connectivity index (χ1) is 13.6. The van der Waals surface area contributed by atoms with Crippen LogP contribution < -0.4 is 0 Å². The standard InChI is InChI=1S/C27H46O2/c1-18(2)7-6-14-27(5,29)24-11-10-22-21-9-8-19-17-20(28)12-15-25(19,3)23(21)13-16-26(22,24)4/h8,18,20-24,28-29H,6-7,9-17H2,1-5H3/t20-,21+,22+,23+,24-,25-,26+,27-/m0/s1. The highest BCUT2D eigenvalue weighted by molar-refractivity contribution is 5.25. The number of hydrogen-bond donors (Lipinski definition) is 2. The molecule has 8 atom stereocenters. The van der Waals surface area contributed by atoms with Gasteiger partial charge in [0.2, 0.25) is 0 Å². The largest absolute Gasteiger partial charge is 0.393 e. The highest BCUT2D eigenvalue weighted by atomic mass is 16.3. The molecule has 4 rings (SSSR count). The minimum atomic E-state index is -0.514. The van der Waals surface area contributed by atoms with Gasteiger partial charge in [-0.15, -0.1) is 0 Å². The molecule has 0 aromatic heterocycles. The van der Waals surface area contributed by atoms with E-state index >= 15 is 0 Å². The molecule has 29 heavy (non-hydrogen) atoms. The molecule has 0 aliphatic heterocycles. The van der Waals surface area contributed by atoms with Gasteiger partial charge in [-0.3, -0.25) is 0 Å². The molecule has 0 heterocycles. The van der Waals surface area contributed by atoms with E-state index in [0.717, 1.165) is 49.4 Å². The van der Waals surface area contributed by atoms with Crippen molar-refractivity contribution in [3.63, 3.8) is 0 Å². The van der Waals surface area contributed by atoms with Crippen molar-refractivity contribution >= 4 is 0 Å². The van der Waals surface area contributed by atoms with E-state index in [4.69, 9.17) is 0 Å². The van der Waals surface area contributed by atoms with Crippen molar-refractivity contribution in [2.45, 2.75) is 117 Å². The van der Waals surface area contributed by atoms with Crippen LogP contribution in [0, 0.1) is 40.4 Å². The fourth-order valence-corrected chi connectivity index (χ4v) is 8.71. The monoisotopic (exact) mass is 402 g/mol. The quantitative estimate of drug-likeness (QED) is 0.515. The number of allylic oxidation sites excluding steroid dienone is 1. The summed E-state index contributed by atoms with van der Waals surface area (Å²) in [5.74, 6) is 3.53. The maximum Gasteiger partial charge on any atom is 0.0653 e. The van der Waals surface area contributed by atoms with Gasteiger partial charge in [0.25, 0.3) is 0 Å². The Kier molecular flexibility index (Phi) is 5.78. The van der Waals surface area contributed by atoms with Crippen molar-refractivity contribution in [1.82, 2.24) is 0 Å². The van der Waals surface area contributed by atoms with E-state index in [1.54, 1.807) is 5.57 Å². The maximum absolute atomic E-state index is 11.6. The lowest BCUT2D eigenvalue weighted by molar-refractivity contribution is -0.105. The van der Waals surface area contributed by atoms with Gasteiger partial charge >= 0.3 is 0 Å². The Bertz CT molecular complexity index is 634. The Balaban J connectivity index is 1.53. The molecule has 166 valence electrons. The van der Waals surface area contributed by atoms with Gasteiger partial charge in [0.1, 0.15) is 0 Å². The molecule has 0 amide bonds. The van der Waals surface area contributed by atoms with Crippen LogP contribution in [0.1, 0.15) is 105 Å². The molecule has 4 aliphatic carbocycles. The van der Waals surface area contributed by atoms with Crippen LogP contribution in [0.3, 0.4) is 0 Å². The van der Waals surface area contributed by atoms with Crippen molar-refractivity contribution in [2.24, 2.45) is 40.4 Å². The summed E-state index contributed by atoms with van der Waals surface area (Å²) in [7, 11) is 0. The molecule has 2 N–H and O–H groups in total. The summed E-state index contributed by atoms with van der Waals surface area (Å²) in [4.78, 5) is 0. The lowest BCUT2D eigenvalue weighted by Gasteiger charge is -2.59. The Morgan fingerprint density at radius 2 is 1.86 bits per heavy atom. The molecule has 0 aromatic carbocycles. The molecule has 0 radical (unpaired) electrons. The number of hydrogen-bond acceptors (Lipinski definition) is 2. The first kappa shape index (κ1) is 21.9. The molecule has 2 heteroatoms. The number of aliphatic hydroxyl groups is 2. The normalized spacial score (nSPS) is 46.5. The second-order valence-electron chi connectivity index (χ2n) is 12.5. The third kappa shape index (κ3) is 3.65. The van der Waals surface area contributed by atoms with Crippen LogP contribution in [0.4, 0.5) is 0 Å². The first-order valence-electron chi connectivity index (χ1n) is 12.7. The van der Waals surface area contributed by atoms with Gasteiger partial charge in [0, 0.05) is 0 Å². The van der Waals surface area contributed by atoms with Crippen LogP contribution in [0.2, 0.25) is 0 Å². The Labute approximate surface area is 179 Å². The summed E-state index contributed by atoms with van der Waals surface area (Å²) >= 11 is 0. The van der Waals surface area contributed by atoms with E-state index in [1.165, 1.54) is 44.9 Å². The smallest absolute Gasteiger partial charge is 0.0653 e. The van der Waals surface area contributed by atoms with Crippen molar-refractivity contribution in [1.29, 1.82) is 0 Å². The Morgan fingerprint density at radius 3 is 2.59 bits per heavy atom. The first-order valence-corrected chi connectivity index (χ1v) is 12.7. The van der Waals surface area contributed by atoms with Crippen LogP contribution in [0.5, 0.6) is 0 Å². The van der Waals surface area contributed by atoms with Crippen molar-refractivity contribution in [2.75, 3.05) is 0 Å². The van der Waals surface area contributed by atoms with Gasteiger partial charge in [-0.25, -0.2) is 0 Å². The molecule has 0 unspecified atom stereocenters. The highest BCUT2D eigenvalue weighted by Gasteiger charge is 2.61. The molecule has 0 spiro atoms. The van der Waals surface area contributed by atoms with E-state index in [9.17, 15) is 10.2 Å². The van der Waals surface area contributed by atoms with E-state index < -0.39 is 5.60 Å². The SMILES string of the molecule is CC(C)CCC[C@](C)(O)[C@H]1CC[C@@H]2[C@H]3CC=C4C[C@@H](O)CC[C@]4(C)[C@@H]3CC[C@]21C. The zero-order chi connectivity index (χ0) is 21.0. The summed E-state index contributed by atoms with van der Waals surface area (Å²) in [5.41, 5.74) is 1.68. The topological polar surface area (TPSA) is 40.5 Å². The summed E-state index contributed by atoms with van der Waals surface area (Å²) in [6, 6.07) is 0. The van der Waals surface area contributed by atoms with Crippen molar-refractivity contribution in [3.05, 3.63) is 11.6 Å². The molecule has 2 nitrogen and oxygen atoms in total. The predicted molar refractivity (Wildman–Crippen MR) is 121 cm³/mol. The third-order valence-corrected chi connectivity index (χ3v) is 10.3. The maximum atomic E-state index is 11.6. The molecule has 3 saturated carbocycles. The fraction of sp³-hybridized carbons (Fsp3) is 0.926. The number of rotatable bonds is 5. The average molecular weight is 403 g/mol. The molecule has 0 bridgehead atoms. The van der Waals surface area contributed by atoms with Gasteiger partial charge in [-0.1, -0.05) is 52.2 Å². The molecule has 0 saturated heterocycles. The van der Waals surface area contributed by atoms with Crippen LogP contribution in [0.15, 0.2) is 11.6 Å². The van der Waals surface area contributed by atoms with E-state index in [1.807, 2.05) is 0 Å². The molecule has 3 fully saturated rings. The van der Waals surface area contributed by atoms with Crippen LogP contribution >= 0.6 is 0 Å². The van der Waals surface area contributed by atoms with Gasteiger partial charge in [0.05, 0.1) is 11.7 Å². The Hall–Kier alpha value is -0.340. The lowest BCUT2D eigenvalue weighted by Crippen LogP contribution is -2.53. The molecule has 4 aliphatic rings. The summed E-state index contributed by atoms with van der Waals surface area (Å²) < 4.78 is 0. The number of aliphatic hydroxyl groups excluding tert-OH is 1. The van der Waals surface area contributed by atoms with Crippen LogP contribution in [0.25, 0.3) is 0 Å². The summed E-state index contributed by atoms with van der Waals surface area (Å²) in [6.45, 7) is 11.8. The molecular weight excluding hydrogens is 356 g/mol. The van der Waals surface area contributed by atoms with Gasteiger partial charge in [-0.05, 0) is 105 Å². The third-order valence-electron chi connectivity index (χ3n) is 10.3. The van der Waals surface area contributed by atoms with Crippen LogP contribution in [-0.4, -0.2) is 21.9 Å². The highest BCUT2D eigenvalue weighted by Crippen LogP contribution is 2.67. The van der Waals surface area contributed by atoms with E-state index in [-0.39, 0.29) is 6.10 Å². The molecular formula is C27H46O2. The van der Waals surface area contributed by atoms with E-state index in [2.05, 4.69) is 40.7 Å². The zero-order valence-corrected chi connectivity index (χ0v) is 19.7. The van der Waals surface area contributed by atoms with Gasteiger partial charge in [0.15, 0.2) is 0 Å². The number of fused-ring (bicyclic) bond motifs is 5. The molecule has 0 aromatic rings. The minimum absolute atomic E-state index is 0.114. The van der Waals surface area contributed by atoms with Gasteiger partial charge in [-0.2, -0.15) is 0 Å². The Morgan fingerprint density at radius 1 is 1.10 bits per heavy atom. The van der Waals surface area contributed by atoms with Crippen LogP contribution in [-0.2, 0) is 0 Å². The lowest BCUT2D eigenvalue weighted by atomic mass is 9.46. The van der Waals surface area contributed by atoms with E-state index in [0.29, 0.717) is 16.7 Å². The van der Waals surface area contributed by atoms with Crippen molar-refractivity contribution in [3.8, 4) is 0 Å². The van der Waals surface area contributed by atoms with Crippen molar-refractivity contribution < 1.29 is 10.2 Å². The zero-order valence-electron chi connectivity index (χ0n) is 19.7. The fourth-order valence-electron chi connectivity index (χ4n) is 8.71. The summed E-state index contributed by atoms with van der Waals surface area (Å²) in [6.07, 6.45) is 15.2. The minimum Gasteiger partial charge on any atom is -0.393 e. The van der Waals surface area contributed by atoms with Gasteiger partial charge < -0.3 is 10.2 Å². The summed E-state index contributed by atoms with van der Waals surface area (Å²) in [5, 5.41) is 21.8.